The average Bonchev–Trinajstić information content (AvgIpc) is 3.32. The van der Waals surface area contributed by atoms with Crippen molar-refractivity contribution in [2.45, 2.75) is 31.7 Å². The van der Waals surface area contributed by atoms with Crippen molar-refractivity contribution < 1.29 is 27.2 Å². The largest absolute Gasteiger partial charge is 0.459 e. The maximum absolute atomic E-state index is 13.3. The van der Waals surface area contributed by atoms with Gasteiger partial charge in [0.05, 0.1) is 11.8 Å². The second-order valence-corrected chi connectivity index (χ2v) is 7.79. The minimum Gasteiger partial charge on any atom is -0.459 e. The Hall–Kier alpha value is -3.55. The third kappa shape index (κ3) is 4.39. The van der Waals surface area contributed by atoms with Crippen molar-refractivity contribution in [1.82, 2.24) is 9.80 Å². The fourth-order valence-electron chi connectivity index (χ4n) is 3.90. The van der Waals surface area contributed by atoms with E-state index in [-0.39, 0.29) is 30.7 Å². The zero-order chi connectivity index (χ0) is 22.9. The van der Waals surface area contributed by atoms with Crippen LogP contribution in [0.5, 0.6) is 0 Å². The third-order valence-electron chi connectivity index (χ3n) is 5.60. The van der Waals surface area contributed by atoms with Crippen molar-refractivity contribution >= 4 is 11.8 Å². The Morgan fingerprint density at radius 3 is 2.34 bits per heavy atom. The van der Waals surface area contributed by atoms with Crippen LogP contribution in [0.4, 0.5) is 13.2 Å². The van der Waals surface area contributed by atoms with Gasteiger partial charge in [0.1, 0.15) is 6.04 Å². The number of alkyl halides is 3. The number of rotatable bonds is 4. The summed E-state index contributed by atoms with van der Waals surface area (Å²) in [6.07, 6.45) is -2.67. The van der Waals surface area contributed by atoms with Crippen molar-refractivity contribution in [2.24, 2.45) is 0 Å². The molecule has 0 spiro atoms. The Balaban J connectivity index is 1.56. The number of hydrogen-bond acceptors (Lipinski definition) is 3. The fourth-order valence-corrected chi connectivity index (χ4v) is 3.90. The molecular formula is C24H21F3N2O3. The SMILES string of the molecule is CN(Cc1ccc(C(F)(F)F)cc1)C(=O)C1Cc2ccccc2CN1C(=O)c1ccco1. The molecule has 1 aliphatic rings. The van der Waals surface area contributed by atoms with E-state index >= 15 is 0 Å². The van der Waals surface area contributed by atoms with E-state index in [2.05, 4.69) is 0 Å². The van der Waals surface area contributed by atoms with E-state index in [1.54, 1.807) is 19.2 Å². The molecule has 0 N–H and O–H groups in total. The number of carbonyl (C=O) groups excluding carboxylic acids is 2. The predicted molar refractivity (Wildman–Crippen MR) is 110 cm³/mol. The summed E-state index contributed by atoms with van der Waals surface area (Å²) in [5.74, 6) is -0.530. The number of furan rings is 1. The van der Waals surface area contributed by atoms with E-state index < -0.39 is 17.8 Å². The molecule has 0 aliphatic carbocycles. The molecule has 4 rings (SSSR count). The first-order chi connectivity index (χ1) is 15.2. The van der Waals surface area contributed by atoms with Gasteiger partial charge in [0.25, 0.3) is 5.91 Å². The number of fused-ring (bicyclic) bond motifs is 1. The molecule has 2 amide bonds. The quantitative estimate of drug-likeness (QED) is 0.597. The minimum atomic E-state index is -4.41. The highest BCUT2D eigenvalue weighted by Crippen LogP contribution is 2.30. The standard InChI is InChI=1S/C24H21F3N2O3/c1-28(14-16-8-10-19(11-9-16)24(25,26)27)22(30)20-13-17-5-2-3-6-18(17)15-29(20)23(31)21-7-4-12-32-21/h2-12,20H,13-15H2,1H3. The van der Waals surface area contributed by atoms with Crippen molar-refractivity contribution in [3.63, 3.8) is 0 Å². The fraction of sp³-hybridized carbons (Fsp3) is 0.250. The Bertz CT molecular complexity index is 1110. The number of carbonyl (C=O) groups is 2. The highest BCUT2D eigenvalue weighted by Gasteiger charge is 2.37. The van der Waals surface area contributed by atoms with Crippen LogP contribution in [0.25, 0.3) is 0 Å². The van der Waals surface area contributed by atoms with Crippen molar-refractivity contribution in [2.75, 3.05) is 7.05 Å². The summed E-state index contributed by atoms with van der Waals surface area (Å²) < 4.78 is 43.7. The number of likely N-dealkylation sites (N-methyl/N-ethyl adjacent to an activating group) is 1. The molecule has 5 nitrogen and oxygen atoms in total. The predicted octanol–water partition coefficient (Wildman–Crippen LogP) is 4.52. The van der Waals surface area contributed by atoms with Gasteiger partial charge in [0, 0.05) is 26.6 Å². The van der Waals surface area contributed by atoms with Gasteiger partial charge in [0.2, 0.25) is 5.91 Å². The minimum absolute atomic E-state index is 0.123. The van der Waals surface area contributed by atoms with E-state index in [4.69, 9.17) is 4.42 Å². The molecule has 0 radical (unpaired) electrons. The van der Waals surface area contributed by atoms with Crippen molar-refractivity contribution in [3.05, 3.63) is 94.9 Å². The van der Waals surface area contributed by atoms with Gasteiger partial charge >= 0.3 is 6.18 Å². The van der Waals surface area contributed by atoms with Crippen molar-refractivity contribution in [3.8, 4) is 0 Å². The summed E-state index contributed by atoms with van der Waals surface area (Å²) in [6.45, 7) is 0.387. The molecule has 0 bridgehead atoms. The zero-order valence-electron chi connectivity index (χ0n) is 17.3. The molecule has 166 valence electrons. The van der Waals surface area contributed by atoms with Crippen LogP contribution in [0, 0.1) is 0 Å². The average molecular weight is 442 g/mol. The van der Waals surface area contributed by atoms with Gasteiger partial charge in [-0.3, -0.25) is 9.59 Å². The lowest BCUT2D eigenvalue weighted by Crippen LogP contribution is -2.52. The summed E-state index contributed by atoms with van der Waals surface area (Å²) in [6, 6.07) is 14.7. The molecule has 3 aromatic rings. The highest BCUT2D eigenvalue weighted by atomic mass is 19.4. The van der Waals surface area contributed by atoms with Crippen LogP contribution in [-0.2, 0) is 30.5 Å². The van der Waals surface area contributed by atoms with Crippen LogP contribution in [0.3, 0.4) is 0 Å². The Morgan fingerprint density at radius 2 is 1.72 bits per heavy atom. The lowest BCUT2D eigenvalue weighted by atomic mass is 9.93. The molecule has 2 heterocycles. The summed E-state index contributed by atoms with van der Waals surface area (Å²) >= 11 is 0. The summed E-state index contributed by atoms with van der Waals surface area (Å²) in [7, 11) is 1.58. The number of halogens is 3. The highest BCUT2D eigenvalue weighted by molar-refractivity contribution is 5.96. The van der Waals surface area contributed by atoms with E-state index in [0.717, 1.165) is 23.3 Å². The molecule has 1 aliphatic heterocycles. The van der Waals surface area contributed by atoms with Gasteiger partial charge in [-0.1, -0.05) is 36.4 Å². The first-order valence-electron chi connectivity index (χ1n) is 10.1. The van der Waals surface area contributed by atoms with Crippen LogP contribution in [0.15, 0.2) is 71.3 Å². The second-order valence-electron chi connectivity index (χ2n) is 7.79. The van der Waals surface area contributed by atoms with Crippen LogP contribution < -0.4 is 0 Å². The van der Waals surface area contributed by atoms with Gasteiger partial charge in [-0.15, -0.1) is 0 Å². The zero-order valence-corrected chi connectivity index (χ0v) is 17.3. The molecule has 1 unspecified atom stereocenters. The first-order valence-corrected chi connectivity index (χ1v) is 10.1. The van der Waals surface area contributed by atoms with E-state index in [0.29, 0.717) is 12.0 Å². The smallest absolute Gasteiger partial charge is 0.416 e. The number of benzene rings is 2. The molecule has 1 atom stereocenters. The van der Waals surface area contributed by atoms with E-state index in [1.165, 1.54) is 28.2 Å². The normalized spacial score (nSPS) is 15.9. The van der Waals surface area contributed by atoms with E-state index in [1.807, 2.05) is 24.3 Å². The molecule has 1 aromatic heterocycles. The molecule has 2 aromatic carbocycles. The molecule has 8 heteroatoms. The van der Waals surface area contributed by atoms with Gasteiger partial charge < -0.3 is 14.2 Å². The Kier molecular flexibility index (Phi) is 5.78. The lowest BCUT2D eigenvalue weighted by Gasteiger charge is -2.37. The Labute approximate surface area is 183 Å². The molecule has 0 saturated carbocycles. The number of hydrogen-bond donors (Lipinski definition) is 0. The maximum atomic E-state index is 13.3. The van der Waals surface area contributed by atoms with Crippen LogP contribution >= 0.6 is 0 Å². The Morgan fingerprint density at radius 1 is 1.03 bits per heavy atom. The third-order valence-corrected chi connectivity index (χ3v) is 5.60. The van der Waals surface area contributed by atoms with Gasteiger partial charge in [-0.05, 0) is 41.0 Å². The number of amides is 2. The lowest BCUT2D eigenvalue weighted by molar-refractivity contribution is -0.138. The second kappa shape index (κ2) is 8.53. The maximum Gasteiger partial charge on any atom is 0.416 e. The van der Waals surface area contributed by atoms with Crippen molar-refractivity contribution in [1.29, 1.82) is 0 Å². The van der Waals surface area contributed by atoms with Crippen LogP contribution in [0.1, 0.15) is 32.8 Å². The van der Waals surface area contributed by atoms with Gasteiger partial charge in [-0.2, -0.15) is 13.2 Å². The molecule has 32 heavy (non-hydrogen) atoms. The first kappa shape index (κ1) is 21.7. The molecular weight excluding hydrogens is 421 g/mol. The topological polar surface area (TPSA) is 53.8 Å². The molecule has 0 saturated heterocycles. The summed E-state index contributed by atoms with van der Waals surface area (Å²) in [5, 5.41) is 0. The molecule has 0 fully saturated rings. The summed E-state index contributed by atoms with van der Waals surface area (Å²) in [5.41, 5.74) is 1.77. The van der Waals surface area contributed by atoms with E-state index in [9.17, 15) is 22.8 Å². The summed E-state index contributed by atoms with van der Waals surface area (Å²) in [4.78, 5) is 29.3. The van der Waals surface area contributed by atoms with Crippen LogP contribution in [-0.4, -0.2) is 34.7 Å². The number of nitrogens with zero attached hydrogens (tertiary/aromatic N) is 2. The van der Waals surface area contributed by atoms with Gasteiger partial charge in [-0.25, -0.2) is 0 Å². The van der Waals surface area contributed by atoms with Crippen LogP contribution in [0.2, 0.25) is 0 Å². The monoisotopic (exact) mass is 442 g/mol. The van der Waals surface area contributed by atoms with Gasteiger partial charge in [0.15, 0.2) is 5.76 Å².